The second-order valence-corrected chi connectivity index (χ2v) is 6.07. The van der Waals surface area contributed by atoms with Crippen LogP contribution in [0, 0.1) is 0 Å². The van der Waals surface area contributed by atoms with Gasteiger partial charge in [-0.3, -0.25) is 0 Å². The van der Waals surface area contributed by atoms with Gasteiger partial charge in [0.1, 0.15) is 11.5 Å². The number of benzene rings is 2. The van der Waals surface area contributed by atoms with Crippen molar-refractivity contribution in [3.63, 3.8) is 0 Å². The Morgan fingerprint density at radius 1 is 1.00 bits per heavy atom. The first-order valence-corrected chi connectivity index (χ1v) is 8.93. The molecule has 0 amide bonds. The molecule has 0 aliphatic carbocycles. The molecule has 0 heterocycles. The van der Waals surface area contributed by atoms with Gasteiger partial charge < -0.3 is 14.8 Å². The SMILES string of the molecule is CCCCOc1cccc(CNc2cccc(OC(C)CC)c2)c1. The molecule has 2 aromatic rings. The van der Waals surface area contributed by atoms with Crippen molar-refractivity contribution < 1.29 is 9.47 Å². The van der Waals surface area contributed by atoms with Crippen LogP contribution in [0.2, 0.25) is 0 Å². The molecule has 24 heavy (non-hydrogen) atoms. The summed E-state index contributed by atoms with van der Waals surface area (Å²) < 4.78 is 11.6. The zero-order chi connectivity index (χ0) is 17.2. The maximum atomic E-state index is 5.87. The van der Waals surface area contributed by atoms with E-state index in [-0.39, 0.29) is 6.10 Å². The maximum Gasteiger partial charge on any atom is 0.121 e. The molecule has 0 bridgehead atoms. The molecule has 0 fully saturated rings. The third-order valence-corrected chi connectivity index (χ3v) is 3.91. The van der Waals surface area contributed by atoms with Gasteiger partial charge in [-0.05, 0) is 49.6 Å². The molecule has 3 heteroatoms. The summed E-state index contributed by atoms with van der Waals surface area (Å²) in [5.74, 6) is 1.85. The van der Waals surface area contributed by atoms with Crippen LogP contribution >= 0.6 is 0 Å². The van der Waals surface area contributed by atoms with Crippen molar-refractivity contribution in [1.82, 2.24) is 0 Å². The van der Waals surface area contributed by atoms with Crippen molar-refractivity contribution in [2.45, 2.75) is 52.7 Å². The number of nitrogens with one attached hydrogen (secondary N) is 1. The number of hydrogen-bond acceptors (Lipinski definition) is 3. The van der Waals surface area contributed by atoms with Gasteiger partial charge in [0.15, 0.2) is 0 Å². The van der Waals surface area contributed by atoms with Gasteiger partial charge in [-0.2, -0.15) is 0 Å². The number of rotatable bonds is 10. The van der Waals surface area contributed by atoms with Gasteiger partial charge in [0, 0.05) is 18.3 Å². The molecule has 130 valence electrons. The molecule has 0 aromatic heterocycles. The minimum absolute atomic E-state index is 0.234. The van der Waals surface area contributed by atoms with E-state index >= 15 is 0 Å². The Bertz CT molecular complexity index is 612. The Morgan fingerprint density at radius 2 is 1.79 bits per heavy atom. The summed E-state index contributed by atoms with van der Waals surface area (Å²) in [5.41, 5.74) is 2.27. The fourth-order valence-corrected chi connectivity index (χ4v) is 2.28. The number of ether oxygens (including phenoxy) is 2. The van der Waals surface area contributed by atoms with Gasteiger partial charge in [-0.1, -0.05) is 38.5 Å². The third kappa shape index (κ3) is 6.15. The minimum Gasteiger partial charge on any atom is -0.494 e. The quantitative estimate of drug-likeness (QED) is 0.572. The van der Waals surface area contributed by atoms with E-state index in [0.717, 1.165) is 49.6 Å². The second kappa shape index (κ2) is 9.86. The molecular formula is C21H29NO2. The smallest absolute Gasteiger partial charge is 0.121 e. The highest BCUT2D eigenvalue weighted by molar-refractivity contribution is 5.48. The molecule has 0 aliphatic rings. The Balaban J connectivity index is 1.91. The number of unbranched alkanes of at least 4 members (excludes halogenated alkanes) is 1. The van der Waals surface area contributed by atoms with E-state index in [2.05, 4.69) is 44.3 Å². The Hall–Kier alpha value is -2.16. The minimum atomic E-state index is 0.234. The van der Waals surface area contributed by atoms with Gasteiger partial charge in [0.05, 0.1) is 12.7 Å². The van der Waals surface area contributed by atoms with Crippen LogP contribution in [0.5, 0.6) is 11.5 Å². The maximum absolute atomic E-state index is 5.87. The van der Waals surface area contributed by atoms with Crippen LogP contribution in [0.4, 0.5) is 5.69 Å². The summed E-state index contributed by atoms with van der Waals surface area (Å²) in [6, 6.07) is 16.4. The van der Waals surface area contributed by atoms with E-state index < -0.39 is 0 Å². The standard InChI is InChI=1S/C21H29NO2/c1-4-6-13-23-20-11-7-9-18(14-20)16-22-19-10-8-12-21(15-19)24-17(3)5-2/h7-12,14-15,17,22H,4-6,13,16H2,1-3H3. The summed E-state index contributed by atoms with van der Waals surface area (Å²) in [6.07, 6.45) is 3.47. The molecule has 0 aliphatic heterocycles. The van der Waals surface area contributed by atoms with Crippen LogP contribution in [0.1, 0.15) is 45.6 Å². The largest absolute Gasteiger partial charge is 0.494 e. The first kappa shape index (κ1) is 18.2. The number of anilines is 1. The predicted molar refractivity (Wildman–Crippen MR) is 101 cm³/mol. The molecule has 2 rings (SSSR count). The fraction of sp³-hybridized carbons (Fsp3) is 0.429. The lowest BCUT2D eigenvalue weighted by Gasteiger charge is -2.14. The molecule has 3 nitrogen and oxygen atoms in total. The van der Waals surface area contributed by atoms with Crippen LogP contribution in [0.3, 0.4) is 0 Å². The van der Waals surface area contributed by atoms with Crippen molar-refractivity contribution in [2.75, 3.05) is 11.9 Å². The molecule has 2 aromatic carbocycles. The first-order chi connectivity index (χ1) is 11.7. The van der Waals surface area contributed by atoms with Gasteiger partial charge in [0.25, 0.3) is 0 Å². The number of hydrogen-bond donors (Lipinski definition) is 1. The lowest BCUT2D eigenvalue weighted by atomic mass is 10.2. The highest BCUT2D eigenvalue weighted by Gasteiger charge is 2.03. The fourth-order valence-electron chi connectivity index (χ4n) is 2.28. The van der Waals surface area contributed by atoms with Crippen LogP contribution in [0.25, 0.3) is 0 Å². The molecule has 0 spiro atoms. The summed E-state index contributed by atoms with van der Waals surface area (Å²) in [7, 11) is 0. The normalized spacial score (nSPS) is 11.8. The summed E-state index contributed by atoms with van der Waals surface area (Å²) in [4.78, 5) is 0. The van der Waals surface area contributed by atoms with Crippen LogP contribution < -0.4 is 14.8 Å². The van der Waals surface area contributed by atoms with Gasteiger partial charge >= 0.3 is 0 Å². The highest BCUT2D eigenvalue weighted by atomic mass is 16.5. The Kier molecular flexibility index (Phi) is 7.47. The molecular weight excluding hydrogens is 298 g/mol. The van der Waals surface area contributed by atoms with Gasteiger partial charge in [-0.15, -0.1) is 0 Å². The van der Waals surface area contributed by atoms with Crippen molar-refractivity contribution in [3.05, 3.63) is 54.1 Å². The van der Waals surface area contributed by atoms with Crippen molar-refractivity contribution >= 4 is 5.69 Å². The van der Waals surface area contributed by atoms with Crippen molar-refractivity contribution in [2.24, 2.45) is 0 Å². The van der Waals surface area contributed by atoms with Gasteiger partial charge in [0.2, 0.25) is 0 Å². The van der Waals surface area contributed by atoms with E-state index in [0.29, 0.717) is 0 Å². The lowest BCUT2D eigenvalue weighted by molar-refractivity contribution is 0.217. The third-order valence-electron chi connectivity index (χ3n) is 3.91. The van der Waals surface area contributed by atoms with E-state index in [4.69, 9.17) is 9.47 Å². The van der Waals surface area contributed by atoms with Crippen molar-refractivity contribution in [1.29, 1.82) is 0 Å². The first-order valence-electron chi connectivity index (χ1n) is 8.93. The molecule has 0 saturated carbocycles. The average molecular weight is 327 g/mol. The second-order valence-electron chi connectivity index (χ2n) is 6.07. The van der Waals surface area contributed by atoms with E-state index in [1.54, 1.807) is 0 Å². The molecule has 1 unspecified atom stereocenters. The zero-order valence-electron chi connectivity index (χ0n) is 15.0. The summed E-state index contributed by atoms with van der Waals surface area (Å²) in [6.45, 7) is 7.93. The monoisotopic (exact) mass is 327 g/mol. The summed E-state index contributed by atoms with van der Waals surface area (Å²) >= 11 is 0. The van der Waals surface area contributed by atoms with E-state index in [1.807, 2.05) is 30.3 Å². The van der Waals surface area contributed by atoms with E-state index in [1.165, 1.54) is 5.56 Å². The predicted octanol–water partition coefficient (Wildman–Crippen LogP) is 5.65. The summed E-state index contributed by atoms with van der Waals surface area (Å²) in [5, 5.41) is 3.45. The molecule has 1 atom stereocenters. The van der Waals surface area contributed by atoms with Crippen LogP contribution in [0.15, 0.2) is 48.5 Å². The Labute approximate surface area is 146 Å². The topological polar surface area (TPSA) is 30.5 Å². The zero-order valence-corrected chi connectivity index (χ0v) is 15.0. The van der Waals surface area contributed by atoms with E-state index in [9.17, 15) is 0 Å². The van der Waals surface area contributed by atoms with Crippen LogP contribution in [-0.2, 0) is 6.54 Å². The van der Waals surface area contributed by atoms with Crippen molar-refractivity contribution in [3.8, 4) is 11.5 Å². The Morgan fingerprint density at radius 3 is 2.58 bits per heavy atom. The average Bonchev–Trinajstić information content (AvgIpc) is 2.61. The lowest BCUT2D eigenvalue weighted by Crippen LogP contribution is -2.09. The molecule has 0 radical (unpaired) electrons. The van der Waals surface area contributed by atoms with Gasteiger partial charge in [-0.25, -0.2) is 0 Å². The van der Waals surface area contributed by atoms with Crippen LogP contribution in [-0.4, -0.2) is 12.7 Å². The molecule has 0 saturated heterocycles. The molecule has 1 N–H and O–H groups in total. The highest BCUT2D eigenvalue weighted by Crippen LogP contribution is 2.21.